The predicted octanol–water partition coefficient (Wildman–Crippen LogP) is -17.4. The van der Waals surface area contributed by atoms with Gasteiger partial charge in [0.05, 0.1) is 85.4 Å². The zero-order valence-electron chi connectivity index (χ0n) is 67.7. The average Bonchev–Trinajstić information content (AvgIpc) is 0.731. The van der Waals surface area contributed by atoms with E-state index in [1.807, 2.05) is 0 Å². The van der Waals surface area contributed by atoms with Crippen LogP contribution in [-0.4, -0.2) is 420 Å². The molecule has 24 N–H and O–H groups in total. The number of hydrogen-bond acceptors (Lipinski definition) is 40. The van der Waals surface area contributed by atoms with Gasteiger partial charge in [0.2, 0.25) is 0 Å². The Morgan fingerprint density at radius 3 is 0.352 bits per heavy atom. The summed E-state index contributed by atoms with van der Waals surface area (Å²) in [7, 11) is 0. The van der Waals surface area contributed by atoms with Crippen LogP contribution in [0.1, 0.15) is 32.9 Å². The Morgan fingerprint density at radius 2 is 0.273 bits per heavy atom. The minimum Gasteiger partial charge on any atom is -0.394 e. The van der Waals surface area contributed by atoms with Crippen LogP contribution in [0.5, 0.6) is 0 Å². The molecule has 512 valence electrons. The monoisotopic (exact) mass is 1320 g/mol. The van der Waals surface area contributed by atoms with Gasteiger partial charge in [-0.3, -0.25) is 0 Å². The van der Waals surface area contributed by atoms with Crippen molar-refractivity contribution in [3.63, 3.8) is 0 Å². The number of aliphatic hydroxyl groups excluding tert-OH is 8. The van der Waals surface area contributed by atoms with Crippen molar-refractivity contribution < 1.29 is 231 Å². The summed E-state index contributed by atoms with van der Waals surface area (Å²) in [6.07, 6.45) is -141. The van der Waals surface area contributed by atoms with Crippen molar-refractivity contribution >= 4 is 0 Å². The van der Waals surface area contributed by atoms with E-state index in [4.69, 9.17) is 109 Å². The van der Waals surface area contributed by atoms with Gasteiger partial charge in [-0.25, -0.2) is 0 Å². The number of hydrogen-bond donors (Lipinski definition) is 24. The van der Waals surface area contributed by atoms with E-state index in [1.165, 1.54) is 0 Å². The zero-order chi connectivity index (χ0) is 85.8. The van der Waals surface area contributed by atoms with Crippen molar-refractivity contribution in [2.75, 3.05) is 52.5 Å². The molecule has 88 heavy (non-hydrogen) atoms. The molecule has 0 spiro atoms. The molecule has 0 amide bonds. The molecule has 30 saturated heterocycles. The molecule has 0 aromatic carbocycles. The second-order valence-corrected chi connectivity index (χ2v) is 19.9. The maximum Gasteiger partial charge on any atom is 0.187 e. The van der Waals surface area contributed by atoms with Crippen LogP contribution in [0.15, 0.2) is 0 Å². The van der Waals surface area contributed by atoms with E-state index in [-0.39, 0.29) is 0 Å². The van der Waals surface area contributed by atoms with E-state index in [0.717, 1.165) is 0 Å². The number of aliphatic hydroxyl groups is 24. The summed E-state index contributed by atoms with van der Waals surface area (Å²) < 4.78 is 284. The van der Waals surface area contributed by atoms with Crippen LogP contribution in [0, 0.1) is 0 Å². The van der Waals surface area contributed by atoms with Crippen LogP contribution < -0.4 is 0 Å². The third kappa shape index (κ3) is 13.8. The van der Waals surface area contributed by atoms with Crippen molar-refractivity contribution in [2.24, 2.45) is 0 Å². The van der Waals surface area contributed by atoms with Crippen molar-refractivity contribution in [2.45, 2.75) is 245 Å². The maximum absolute atomic E-state index is 11.7. The maximum atomic E-state index is 11.7. The lowest BCUT2D eigenvalue weighted by molar-refractivity contribution is -0.404. The SMILES string of the molecule is [2H]C([2H])(O)[C@H]1O[C@@H]2O[C@@H]3[C@@H](C([2H])([2H])O)O[C@H](O[C@H]4C(O)[C@]([2H])(O)[C@@H](O[C@@H]5[C@@H](C([2H])([2H])O)O[C@H](O[C@@H]6[C@@H](C([2H])([2H])O)O[C@H](O[C@@H]7[C@@H](C([2H])([2H])O)O[C@H](O[C@H]8C(O)[C@@]([2H])(O)[C@@H](O[C@@H]9[C@@H](C([2H])([2H])O)OC(O[C@H]1[C@H](O)[C@@]2([2H])O)[C@]([2H])(O)[C@H]9O)O[C@@H]8C([2H])([2H])O)[C@@]([2H])(O)[C@H]7O)[C@@]([2H])(O)[C@H]6O)[C@@]([2H])(O)[C@H]5O)O[C@@H]4C([2H])([2H])O)[C@]([2H])(O)[C@H]3O. The van der Waals surface area contributed by atoms with Gasteiger partial charge < -0.3 is 198 Å². The smallest absolute Gasteiger partial charge is 0.187 e. The Bertz CT molecular complexity index is 2640. The number of ether oxygens (including phenoxy) is 16. The highest BCUT2D eigenvalue weighted by atomic mass is 16.8. The molecule has 30 aliphatic rings. The van der Waals surface area contributed by atoms with Crippen molar-refractivity contribution in [1.82, 2.24) is 0 Å². The Balaban J connectivity index is 1.15. The molecule has 40 heteroatoms. The van der Waals surface area contributed by atoms with Gasteiger partial charge in [-0.2, -0.15) is 0 Å². The van der Waals surface area contributed by atoms with Crippen LogP contribution in [0.3, 0.4) is 0 Å². The predicted molar refractivity (Wildman–Crippen MR) is 261 cm³/mol. The topological polar surface area (TPSA) is 633 Å². The highest BCUT2D eigenvalue weighted by Crippen LogP contribution is 2.40. The molecule has 40 atom stereocenters. The molecule has 0 radical (unpaired) electrons. The summed E-state index contributed by atoms with van der Waals surface area (Å²) in [5.41, 5.74) is 0. The van der Waals surface area contributed by atoms with E-state index < -0.39 is 298 Å². The largest absolute Gasteiger partial charge is 0.394 e. The van der Waals surface area contributed by atoms with Gasteiger partial charge in [0, 0.05) is 0 Å². The molecule has 16 bridgehead atoms. The van der Waals surface area contributed by atoms with Crippen molar-refractivity contribution in [3.8, 4) is 0 Å². The lowest BCUT2D eigenvalue weighted by Gasteiger charge is -2.50. The molecule has 30 aliphatic heterocycles. The van der Waals surface area contributed by atoms with E-state index >= 15 is 0 Å². The Labute approximate surface area is 529 Å². The summed E-state index contributed by atoms with van der Waals surface area (Å²) in [4.78, 5) is 0. The van der Waals surface area contributed by atoms with Gasteiger partial charge >= 0.3 is 0 Å². The fourth-order valence-corrected chi connectivity index (χ4v) is 9.98. The molecular formula is C48H80O40. The van der Waals surface area contributed by atoms with Gasteiger partial charge in [-0.05, 0) is 0 Å². The molecule has 0 aromatic rings. The molecule has 30 fully saturated rings. The summed E-state index contributed by atoms with van der Waals surface area (Å²) in [5.74, 6) is 0. The van der Waals surface area contributed by atoms with Crippen LogP contribution in [-0.2, 0) is 75.8 Å². The van der Waals surface area contributed by atoms with E-state index in [9.17, 15) is 123 Å². The minimum atomic E-state index is -4.27. The zero-order valence-corrected chi connectivity index (χ0v) is 43.7. The Hall–Kier alpha value is -1.60. The van der Waals surface area contributed by atoms with Crippen LogP contribution in [0.25, 0.3) is 0 Å². The van der Waals surface area contributed by atoms with E-state index in [2.05, 4.69) is 0 Å². The Morgan fingerprint density at radius 1 is 0.182 bits per heavy atom. The summed E-state index contributed by atoms with van der Waals surface area (Å²) >= 11 is 0. The first kappa shape index (κ1) is 44.9. The Kier molecular flexibility index (Phi) is 15.3. The molecule has 3 unspecified atom stereocenters. The van der Waals surface area contributed by atoms with E-state index in [1.54, 1.807) is 0 Å². The summed E-state index contributed by atoms with van der Waals surface area (Å²) in [5, 5.41) is 273. The first-order valence-corrected chi connectivity index (χ1v) is 25.4. The lowest BCUT2D eigenvalue weighted by atomic mass is 9.94. The third-order valence-corrected chi connectivity index (χ3v) is 14.7. The second-order valence-electron chi connectivity index (χ2n) is 19.9. The molecule has 30 heterocycles. The van der Waals surface area contributed by atoms with Gasteiger partial charge in [0.15, 0.2) is 50.3 Å². The second kappa shape index (κ2) is 30.0. The average molecular weight is 1320 g/mol. The molecular weight excluding hydrogens is 1220 g/mol. The van der Waals surface area contributed by atoms with Crippen LogP contribution >= 0.6 is 0 Å². The molecule has 40 nitrogen and oxygen atoms in total. The van der Waals surface area contributed by atoms with Crippen LogP contribution in [0.2, 0.25) is 0 Å². The molecule has 0 saturated carbocycles. The fourth-order valence-electron chi connectivity index (χ4n) is 9.98. The standard InChI is InChI=1S/C48H80O40/c49-1-9-33-17(57)25(65)41(73-9)82-34-10(2-50)75-43(27(67)19(34)59)84-36-12(4-52)77-45(29(69)21(36)61)86-38-14(6-54)79-47(31(71)23(38)63)88-40-16(8-56)80-48(32(72)24(40)64)87-39-15(7-55)78-46(30(70)22(39)62)85-37-13(5-53)76-44(28(68)20(37)60)83-35-11(3-51)74-42(81-33)26(66)18(35)58/h9-72H,1-8H2/t9-,10-,11-,12-,13-,14-,15-,16-,17-,18-,19-,20?,21?,22-,23-,24-,25-,26-,27-,28-,29+,30+,31+,32+,33-,34-,35-,36-,37-,38-,39-,40-,41-,42?,43-,44-,45-,46-,47-,48-/m1/s1/i1D2,2D2,3D2,4D2,5D2,6D2,7D2,8D2,25D,26D,27D,28D,29D,30D,31D,32D. The normalized spacial score (nSPS) is 67.4. The van der Waals surface area contributed by atoms with Crippen LogP contribution in [0.4, 0.5) is 0 Å². The van der Waals surface area contributed by atoms with Gasteiger partial charge in [0.25, 0.3) is 0 Å². The quantitative estimate of drug-likeness (QED) is 0.107. The lowest BCUT2D eigenvalue weighted by Crippen LogP contribution is -2.69. The minimum absolute atomic E-state index is 3.22. The van der Waals surface area contributed by atoms with Gasteiger partial charge in [-0.15, -0.1) is 0 Å². The summed E-state index contributed by atoms with van der Waals surface area (Å²) in [6.45, 7) is -33.8. The molecule has 30 rings (SSSR count). The summed E-state index contributed by atoms with van der Waals surface area (Å²) in [6, 6.07) is 0. The first-order valence-electron chi connectivity index (χ1n) is 37.4. The molecule has 0 aliphatic carbocycles. The highest BCUT2D eigenvalue weighted by Gasteiger charge is 2.60. The highest BCUT2D eigenvalue weighted by molar-refractivity contribution is 5.02. The van der Waals surface area contributed by atoms with Gasteiger partial charge in [0.1, 0.15) is 195 Å². The van der Waals surface area contributed by atoms with Crippen molar-refractivity contribution in [1.29, 1.82) is 0 Å². The first-order chi connectivity index (χ1) is 49.9. The van der Waals surface area contributed by atoms with Crippen molar-refractivity contribution in [3.05, 3.63) is 0 Å². The van der Waals surface area contributed by atoms with E-state index in [0.29, 0.717) is 0 Å². The fraction of sp³-hybridized carbons (Fsp3) is 1.00. The number of rotatable bonds is 8. The third-order valence-electron chi connectivity index (χ3n) is 14.7. The molecule has 0 aromatic heterocycles. The van der Waals surface area contributed by atoms with Gasteiger partial charge in [-0.1, -0.05) is 0 Å².